The Bertz CT molecular complexity index is 6000. The van der Waals surface area contributed by atoms with Crippen LogP contribution in [0.15, 0.2) is 54.6 Å². The van der Waals surface area contributed by atoms with Gasteiger partial charge in [-0.3, -0.25) is 38.2 Å². The van der Waals surface area contributed by atoms with E-state index in [0.717, 1.165) is 0 Å². The van der Waals surface area contributed by atoms with Gasteiger partial charge in [-0.2, -0.15) is 0 Å². The Hall–Kier alpha value is -18.5. The number of aromatic hydroxyl groups is 4. The standard InChI is InChI=1S/C33H21NO7.C27H13NO5.C18H2.C9H11NO4.C6H10O3.ClHO.45H2/c1-4-7-8-9-10-11-12-13-14-15-16-17-18-19-20-21-30(35)34-27(33(38)39)24-26-22-23-28(40-31(36)5-2)29(25-26)41-32(37)6-3;1-2-3-4-5-6-7-8-9-10-11-12-13-14-15-16-17-26(31)28-23(27(32)33)20-22-18-19-24(29)25(30)21-22;1-3-5-7-9-11-13-15-17-18-16-14-12-10-8-6-4-2;10-6(9(13)14)3-5-1-2-7(11)8(12)4-5;1-3-5(7)9-6(8)4-2;1-2;;;;;;;;;;;;;;;;;;;;;;;;;;;;;;;;;;;;;;;;;;;;;/h22-23,25,27H,5-6,24H2,1-3H3,(H,34,35)(H,38,39);18-19,21,23,29-30H,20H2,1H3,(H,28,31)(H,32,33);1-2H;1-2,4,6,11-12H,3,10H2,(H,13,14);3-4H2,1-2H3;2H;45*1H/t27-;23-;;6-;;;;;;;;;;;;;;;;;;;;;;;;;;;;;;;;;;;;;;;;;;;;;;;/m00.0.............................................../s1. The summed E-state index contributed by atoms with van der Waals surface area (Å²) in [6, 6.07) is 8.52. The van der Waals surface area contributed by atoms with Gasteiger partial charge in [-0.05, 0) is 334 Å². The number of phenols is 4. The van der Waals surface area contributed by atoms with Gasteiger partial charge < -0.3 is 66.3 Å². The molecule has 3 rings (SSSR count). The number of carbonyl (C=O) groups excluding carboxylic acids is 6. The van der Waals surface area contributed by atoms with Crippen LogP contribution < -0.4 is 25.8 Å². The predicted octanol–water partition coefficient (Wildman–Crippen LogP) is 14.1. The topological polar surface area (TPSA) is 393 Å². The molecule has 3 aromatic rings. The number of benzene rings is 3. The molecule has 0 spiro atoms. The molecule has 0 aliphatic rings. The number of halogens is 1. The van der Waals surface area contributed by atoms with Crippen molar-refractivity contribution in [2.45, 2.75) is 105 Å². The molecule has 0 heterocycles. The molecule has 117 heavy (non-hydrogen) atoms. The highest BCUT2D eigenvalue weighted by atomic mass is 35.5. The summed E-state index contributed by atoms with van der Waals surface area (Å²) in [5.41, 5.74) is 6.65. The molecule has 0 saturated heterocycles. The molecular weight excluding hydrogens is 1510 g/mol. The summed E-state index contributed by atoms with van der Waals surface area (Å²) in [4.78, 5) is 102. The number of ether oxygens (including phenoxy) is 3. The monoisotopic (exact) mass is 1660 g/mol. The number of carboxylic acid groups (broad SMARTS) is 3. The minimum Gasteiger partial charge on any atom is -0.504 e. The average molecular weight is 1660 g/mol. The first-order valence-corrected chi connectivity index (χ1v) is 32.5. The lowest BCUT2D eigenvalue weighted by atomic mass is 10.1. The quantitative estimate of drug-likeness (QED) is 0.0197. The van der Waals surface area contributed by atoms with E-state index in [2.05, 4.69) is 311 Å². The molecule has 12 N–H and O–H groups in total. The number of hydrogen-bond acceptors (Lipinski definition) is 18. The number of carbonyl (C=O) groups is 9. The number of carboxylic acids is 3. The van der Waals surface area contributed by atoms with Gasteiger partial charge in [-0.15, -0.1) is 12.8 Å². The molecule has 0 aliphatic carbocycles. The van der Waals surface area contributed by atoms with E-state index in [0.29, 0.717) is 16.7 Å². The van der Waals surface area contributed by atoms with Crippen LogP contribution in [0.3, 0.4) is 0 Å². The van der Waals surface area contributed by atoms with E-state index < -0.39 is 77.5 Å². The smallest absolute Gasteiger partial charge is 0.326 e. The Labute approximate surface area is 750 Å². The van der Waals surface area contributed by atoms with Crippen molar-refractivity contribution in [2.24, 2.45) is 5.73 Å². The summed E-state index contributed by atoms with van der Waals surface area (Å²) < 4.78 is 21.1. The Balaban J connectivity index is -0.0000000215. The van der Waals surface area contributed by atoms with Crippen LogP contribution in [0.2, 0.25) is 0 Å². The Morgan fingerprint density at radius 1 is 0.359 bits per heavy atom. The molecule has 0 bridgehead atoms. The predicted molar refractivity (Wildman–Crippen MR) is 526 cm³/mol. The van der Waals surface area contributed by atoms with E-state index >= 15 is 0 Å². The summed E-state index contributed by atoms with van der Waals surface area (Å²) in [6.07, 6.45) is 10.3. The Kier molecular flexibility index (Phi) is 61.8. The van der Waals surface area contributed by atoms with Gasteiger partial charge in [0, 0.05) is 115 Å². The first kappa shape index (κ1) is 103. The fraction of sp³-hybridized carbons (Fsp3) is 0.172. The lowest BCUT2D eigenvalue weighted by Crippen LogP contribution is -2.41. The zero-order chi connectivity index (χ0) is 87.9. The lowest BCUT2D eigenvalue weighted by Gasteiger charge is -2.15. The van der Waals surface area contributed by atoms with Gasteiger partial charge in [-0.1, -0.05) is 57.7 Å². The van der Waals surface area contributed by atoms with E-state index in [1.165, 1.54) is 54.6 Å². The molecule has 662 valence electrons. The highest BCUT2D eigenvalue weighted by Crippen LogP contribution is 2.30. The van der Waals surface area contributed by atoms with Crippen LogP contribution in [0.1, 0.15) is 148 Å². The zero-order valence-corrected chi connectivity index (χ0v) is 63.2. The van der Waals surface area contributed by atoms with Gasteiger partial charge in [0.2, 0.25) is 0 Å². The summed E-state index contributed by atoms with van der Waals surface area (Å²) in [7, 11) is 0. The SMILES string of the molecule is C#CC#CC#CC#CC#CC#CC#CC#CC#C.CC#CC#CC#CC#CC#CC#CC#CC#CC(=O)N[C@@H](Cc1ccc(O)c(O)c1)C(=O)O.CC#CC#CC#CC#CC#CC#CC#CC#CC(=O)N[C@@H](Cc1ccc(OC(=O)CC)c(OC(=O)CC)c1)C(=O)O.CCC(=O)OC(=O)CC.N[C@@H](Cc1ccc(O)c(O)c1)C(=O)O.OCl.[HH].[HH].[HH].[HH].[HH].[HH].[HH].[HH].[HH].[HH].[HH].[HH].[HH].[HH].[HH].[HH].[HH].[HH].[HH].[HH].[HH].[HH].[HH].[HH].[HH].[HH].[HH].[HH].[HH].[HH].[HH].[HH].[HH].[HH].[HH].[HH].[HH].[HH].[HH].[HH].[HH].[HH].[HH].[HH].[HH]. The van der Waals surface area contributed by atoms with Crippen molar-refractivity contribution in [3.63, 3.8) is 0 Å². The van der Waals surface area contributed by atoms with Gasteiger partial charge in [0.05, 0.1) is 11.9 Å². The molecule has 0 radical (unpaired) electrons. The third kappa shape index (κ3) is 60.2. The van der Waals surface area contributed by atoms with Crippen LogP contribution in [-0.2, 0) is 67.2 Å². The van der Waals surface area contributed by atoms with Crippen molar-refractivity contribution in [1.29, 1.82) is 0 Å². The van der Waals surface area contributed by atoms with Gasteiger partial charge in [0.1, 0.15) is 18.1 Å². The normalized spacial score (nSPS) is 7.99. The molecule has 24 heteroatoms. The van der Waals surface area contributed by atoms with Crippen molar-refractivity contribution in [1.82, 2.24) is 10.6 Å². The summed E-state index contributed by atoms with van der Waals surface area (Å²) in [6.45, 7) is 9.81. The molecule has 0 saturated carbocycles. The van der Waals surface area contributed by atoms with Crippen molar-refractivity contribution in [3.05, 3.63) is 71.3 Å². The van der Waals surface area contributed by atoms with Crippen molar-refractivity contribution in [3.8, 4) is 332 Å². The maximum absolute atomic E-state index is 12.1. The Morgan fingerprint density at radius 3 is 0.880 bits per heavy atom. The van der Waals surface area contributed by atoms with Crippen LogP contribution in [-0.4, -0.2) is 112 Å². The third-order valence-electron chi connectivity index (χ3n) is 11.0. The number of hydrogen-bond donors (Lipinski definition) is 11. The second-order valence-electron chi connectivity index (χ2n) is 19.2. The number of esters is 4. The molecule has 0 aromatic heterocycles. The van der Waals surface area contributed by atoms with Gasteiger partial charge in [-0.25, -0.2) is 9.59 Å². The Morgan fingerprint density at radius 2 is 0.615 bits per heavy atom. The molecule has 3 aromatic carbocycles. The first-order valence-electron chi connectivity index (χ1n) is 32.1. The van der Waals surface area contributed by atoms with Crippen LogP contribution in [0.25, 0.3) is 0 Å². The highest BCUT2D eigenvalue weighted by molar-refractivity contribution is 6.05. The fourth-order valence-electron chi connectivity index (χ4n) is 6.00. The molecule has 3 atom stereocenters. The second-order valence-corrected chi connectivity index (χ2v) is 19.2. The second kappa shape index (κ2) is 70.5. The molecule has 0 unspecified atom stereocenters. The lowest BCUT2D eigenvalue weighted by molar-refractivity contribution is -0.159. The third-order valence-corrected chi connectivity index (χ3v) is 11.0. The van der Waals surface area contributed by atoms with E-state index in [9.17, 15) is 63.6 Å². The van der Waals surface area contributed by atoms with Gasteiger partial charge in [0.15, 0.2) is 34.5 Å². The van der Waals surface area contributed by atoms with Crippen LogP contribution in [0.4, 0.5) is 0 Å². The summed E-state index contributed by atoms with van der Waals surface area (Å²) in [5.74, 6) is 107. The number of nitrogens with two attached hydrogens (primary N) is 1. The minimum absolute atomic E-state index is 0. The highest BCUT2D eigenvalue weighted by Gasteiger charge is 2.23. The van der Waals surface area contributed by atoms with Crippen molar-refractivity contribution < 1.29 is 162 Å². The number of terminal acetylenes is 2. The molecular formula is C93H148ClN3O20. The molecule has 0 fully saturated rings. The van der Waals surface area contributed by atoms with E-state index in [4.69, 9.17) is 48.0 Å². The molecule has 0 aliphatic heterocycles. The number of nitrogens with one attached hydrogen (secondary N) is 2. The van der Waals surface area contributed by atoms with Crippen molar-refractivity contribution >= 4 is 65.5 Å². The maximum Gasteiger partial charge on any atom is 0.326 e. The van der Waals surface area contributed by atoms with Crippen LogP contribution >= 0.6 is 11.9 Å². The maximum atomic E-state index is 12.1. The number of amides is 2. The summed E-state index contributed by atoms with van der Waals surface area (Å²) >= 11 is 3.64. The van der Waals surface area contributed by atoms with E-state index in [1.807, 2.05) is 0 Å². The van der Waals surface area contributed by atoms with Gasteiger partial charge in [0.25, 0.3) is 11.8 Å². The van der Waals surface area contributed by atoms with E-state index in [-0.39, 0.29) is 138 Å². The zero-order valence-electron chi connectivity index (χ0n) is 62.5. The van der Waals surface area contributed by atoms with E-state index in [1.54, 1.807) is 41.5 Å². The molecule has 2 amide bonds. The number of phenolic OH excluding ortho intramolecular Hbond substituents is 4. The van der Waals surface area contributed by atoms with Gasteiger partial charge >= 0.3 is 41.8 Å². The van der Waals surface area contributed by atoms with Crippen molar-refractivity contribution in [2.75, 3.05) is 0 Å². The minimum atomic E-state index is -1.36. The van der Waals surface area contributed by atoms with Crippen LogP contribution in [0, 0.1) is 297 Å². The average Bonchev–Trinajstić information content (AvgIpc) is 0.877. The first-order chi connectivity index (χ1) is 56.4. The fourth-order valence-corrected chi connectivity index (χ4v) is 6.00. The largest absolute Gasteiger partial charge is 0.504 e. The number of aliphatic carboxylic acids is 3. The molecule has 23 nitrogen and oxygen atoms in total. The van der Waals surface area contributed by atoms with Crippen LogP contribution in [0.5, 0.6) is 34.5 Å². The number of rotatable bonds is 17. The summed E-state index contributed by atoms with van der Waals surface area (Å²) in [5, 5.41) is 68.7.